The largest absolute Gasteiger partial charge is 0.290 e. The Kier molecular flexibility index (Phi) is 4.69. The van der Waals surface area contributed by atoms with E-state index in [1.807, 2.05) is 39.0 Å². The Balaban J connectivity index is 3.56. The van der Waals surface area contributed by atoms with E-state index in [1.54, 1.807) is 0 Å². The van der Waals surface area contributed by atoms with Gasteiger partial charge in [0.2, 0.25) is 11.2 Å². The first-order valence-corrected chi connectivity index (χ1v) is 6.95. The van der Waals surface area contributed by atoms with Gasteiger partial charge in [0.25, 0.3) is 0 Å². The molecule has 0 spiro atoms. The van der Waals surface area contributed by atoms with Crippen molar-refractivity contribution in [1.29, 1.82) is 15.8 Å². The van der Waals surface area contributed by atoms with E-state index < -0.39 is 16.6 Å². The molecule has 1 aliphatic carbocycles. The summed E-state index contributed by atoms with van der Waals surface area (Å²) in [5.41, 5.74) is -1.61. The van der Waals surface area contributed by atoms with E-state index in [-0.39, 0.29) is 5.57 Å². The van der Waals surface area contributed by atoms with Gasteiger partial charge in [0, 0.05) is 5.41 Å². The number of allylic oxidation sites excluding steroid dienone is 2. The maximum atomic E-state index is 12.6. The van der Waals surface area contributed by atoms with E-state index >= 15 is 0 Å². The molecule has 0 saturated heterocycles. The van der Waals surface area contributed by atoms with Gasteiger partial charge in [-0.05, 0) is 24.8 Å². The molecule has 0 radical (unpaired) electrons. The lowest BCUT2D eigenvalue weighted by Crippen LogP contribution is -2.48. The van der Waals surface area contributed by atoms with Crippen molar-refractivity contribution in [3.05, 3.63) is 11.1 Å². The zero-order valence-electron chi connectivity index (χ0n) is 12.3. The third-order valence-electron chi connectivity index (χ3n) is 4.23. The Morgan fingerprint density at radius 1 is 1.15 bits per heavy atom. The fourth-order valence-electron chi connectivity index (χ4n) is 3.18. The average Bonchev–Trinajstić information content (AvgIpc) is 2.41. The lowest BCUT2D eigenvalue weighted by molar-refractivity contribution is -0.125. The summed E-state index contributed by atoms with van der Waals surface area (Å²) in [7, 11) is 0. The molecule has 0 N–H and O–H groups in total. The van der Waals surface area contributed by atoms with Crippen molar-refractivity contribution in [2.45, 2.75) is 52.9 Å². The van der Waals surface area contributed by atoms with Gasteiger partial charge < -0.3 is 0 Å². The first-order valence-electron chi connectivity index (χ1n) is 6.95. The fourth-order valence-corrected chi connectivity index (χ4v) is 3.18. The highest BCUT2D eigenvalue weighted by Crippen LogP contribution is 2.53. The third-order valence-corrected chi connectivity index (χ3v) is 4.23. The van der Waals surface area contributed by atoms with Gasteiger partial charge in [-0.15, -0.1) is 0 Å². The van der Waals surface area contributed by atoms with Crippen molar-refractivity contribution < 1.29 is 4.79 Å². The van der Waals surface area contributed by atoms with Crippen molar-refractivity contribution >= 4 is 5.78 Å². The van der Waals surface area contributed by atoms with Gasteiger partial charge in [-0.1, -0.05) is 33.6 Å². The highest BCUT2D eigenvalue weighted by molar-refractivity contribution is 6.08. The van der Waals surface area contributed by atoms with Gasteiger partial charge in [0.15, 0.2) is 0 Å². The summed E-state index contributed by atoms with van der Waals surface area (Å²) >= 11 is 0. The van der Waals surface area contributed by atoms with Crippen molar-refractivity contribution in [3.8, 4) is 18.2 Å². The molecule has 1 atom stereocenters. The van der Waals surface area contributed by atoms with Crippen molar-refractivity contribution in [3.63, 3.8) is 0 Å². The minimum atomic E-state index is -1.73. The first kappa shape index (κ1) is 15.9. The SMILES string of the molecule is CCCC1=C(C#N)C(=O)C(C#N)(C#N)C(C)(CCC)C1. The highest BCUT2D eigenvalue weighted by Gasteiger charge is 2.58. The van der Waals surface area contributed by atoms with E-state index in [2.05, 4.69) is 0 Å². The van der Waals surface area contributed by atoms with Crippen LogP contribution in [0.1, 0.15) is 52.9 Å². The number of rotatable bonds is 4. The molecule has 0 aromatic heterocycles. The molecule has 1 aliphatic rings. The van der Waals surface area contributed by atoms with Gasteiger partial charge in [-0.2, -0.15) is 15.8 Å². The minimum Gasteiger partial charge on any atom is -0.290 e. The third kappa shape index (κ3) is 2.10. The second-order valence-corrected chi connectivity index (χ2v) is 5.63. The van der Waals surface area contributed by atoms with Crippen LogP contribution in [0.25, 0.3) is 0 Å². The normalized spacial score (nSPS) is 24.7. The summed E-state index contributed by atoms with van der Waals surface area (Å²) in [5, 5.41) is 28.2. The van der Waals surface area contributed by atoms with E-state index in [0.29, 0.717) is 19.3 Å². The molecule has 0 amide bonds. The number of carbonyl (C=O) groups excluding carboxylic acids is 1. The number of ketones is 1. The number of hydrogen-bond donors (Lipinski definition) is 0. The molecule has 104 valence electrons. The monoisotopic (exact) mass is 269 g/mol. The van der Waals surface area contributed by atoms with Crippen LogP contribution in [0, 0.1) is 44.8 Å². The van der Waals surface area contributed by atoms with Crippen LogP contribution in [-0.2, 0) is 4.79 Å². The summed E-state index contributed by atoms with van der Waals surface area (Å²) < 4.78 is 0. The van der Waals surface area contributed by atoms with Crippen molar-refractivity contribution in [2.75, 3.05) is 0 Å². The van der Waals surface area contributed by atoms with Crippen LogP contribution >= 0.6 is 0 Å². The Labute approximate surface area is 120 Å². The number of nitrogens with zero attached hydrogens (tertiary/aromatic N) is 3. The molecule has 1 unspecified atom stereocenters. The van der Waals surface area contributed by atoms with E-state index in [4.69, 9.17) is 0 Å². The second kappa shape index (κ2) is 5.89. The molecule has 0 saturated carbocycles. The van der Waals surface area contributed by atoms with Gasteiger partial charge in [0.1, 0.15) is 6.07 Å². The molecule has 0 aromatic rings. The zero-order chi connectivity index (χ0) is 15.4. The lowest BCUT2D eigenvalue weighted by atomic mass is 9.54. The maximum absolute atomic E-state index is 12.6. The lowest BCUT2D eigenvalue weighted by Gasteiger charge is -2.42. The van der Waals surface area contributed by atoms with Crippen LogP contribution in [0.2, 0.25) is 0 Å². The predicted molar refractivity (Wildman–Crippen MR) is 73.8 cm³/mol. The molecule has 0 aromatic carbocycles. The fraction of sp³-hybridized carbons (Fsp3) is 0.625. The summed E-state index contributed by atoms with van der Waals surface area (Å²) in [6.07, 6.45) is 3.38. The summed E-state index contributed by atoms with van der Waals surface area (Å²) in [6, 6.07) is 5.77. The molecule has 0 heterocycles. The van der Waals surface area contributed by atoms with Crippen molar-refractivity contribution in [2.24, 2.45) is 10.8 Å². The molecular weight excluding hydrogens is 250 g/mol. The zero-order valence-corrected chi connectivity index (χ0v) is 12.3. The second-order valence-electron chi connectivity index (χ2n) is 5.63. The maximum Gasteiger partial charge on any atom is 0.212 e. The highest BCUT2D eigenvalue weighted by atomic mass is 16.1. The topological polar surface area (TPSA) is 88.4 Å². The summed E-state index contributed by atoms with van der Waals surface area (Å²) in [5.74, 6) is -0.601. The summed E-state index contributed by atoms with van der Waals surface area (Å²) in [6.45, 7) is 5.78. The number of nitriles is 3. The Hall–Kier alpha value is -2.12. The smallest absolute Gasteiger partial charge is 0.212 e. The number of hydrogen-bond acceptors (Lipinski definition) is 4. The van der Waals surface area contributed by atoms with Gasteiger partial charge in [-0.25, -0.2) is 0 Å². The van der Waals surface area contributed by atoms with E-state index in [9.17, 15) is 20.6 Å². The van der Waals surface area contributed by atoms with Gasteiger partial charge in [0.05, 0.1) is 17.7 Å². The van der Waals surface area contributed by atoms with Crippen LogP contribution in [0.5, 0.6) is 0 Å². The quantitative estimate of drug-likeness (QED) is 0.782. The predicted octanol–water partition coefficient (Wildman–Crippen LogP) is 3.42. The van der Waals surface area contributed by atoms with Crippen LogP contribution in [0.4, 0.5) is 0 Å². The molecule has 0 fully saturated rings. The van der Waals surface area contributed by atoms with E-state index in [0.717, 1.165) is 18.4 Å². The van der Waals surface area contributed by atoms with Gasteiger partial charge >= 0.3 is 0 Å². The molecule has 0 bridgehead atoms. The Morgan fingerprint density at radius 2 is 1.75 bits per heavy atom. The molecule has 4 nitrogen and oxygen atoms in total. The molecular formula is C16H19N3O. The Bertz CT molecular complexity index is 554. The molecule has 4 heteroatoms. The van der Waals surface area contributed by atoms with Crippen LogP contribution in [0.3, 0.4) is 0 Å². The molecule has 1 rings (SSSR count). The average molecular weight is 269 g/mol. The number of carbonyl (C=O) groups is 1. The minimum absolute atomic E-state index is 0.0310. The molecule has 20 heavy (non-hydrogen) atoms. The first-order chi connectivity index (χ1) is 9.46. The van der Waals surface area contributed by atoms with Crippen LogP contribution in [-0.4, -0.2) is 5.78 Å². The molecule has 0 aliphatic heterocycles. The van der Waals surface area contributed by atoms with E-state index in [1.165, 1.54) is 0 Å². The van der Waals surface area contributed by atoms with Crippen molar-refractivity contribution in [1.82, 2.24) is 0 Å². The Morgan fingerprint density at radius 3 is 2.15 bits per heavy atom. The standard InChI is InChI=1S/C16H19N3O/c1-4-6-12-8-15(3,7-5-2)16(10-18,11-19)14(20)13(12)9-17/h4-8H2,1-3H3. The summed E-state index contributed by atoms with van der Waals surface area (Å²) in [4.78, 5) is 12.6. The van der Waals surface area contributed by atoms with Crippen LogP contribution < -0.4 is 0 Å². The van der Waals surface area contributed by atoms with Crippen LogP contribution in [0.15, 0.2) is 11.1 Å². The number of Topliss-reactive ketones (excluding diaryl/α,β-unsaturated/α-hetero) is 1. The van der Waals surface area contributed by atoms with Gasteiger partial charge in [-0.3, -0.25) is 4.79 Å².